The van der Waals surface area contributed by atoms with Gasteiger partial charge in [-0.25, -0.2) is 0 Å². The van der Waals surface area contributed by atoms with Crippen LogP contribution in [0.1, 0.15) is 19.8 Å². The van der Waals surface area contributed by atoms with E-state index in [9.17, 15) is 0 Å². The van der Waals surface area contributed by atoms with E-state index in [0.29, 0.717) is 12.1 Å². The summed E-state index contributed by atoms with van der Waals surface area (Å²) < 4.78 is 5.38. The Morgan fingerprint density at radius 1 is 1.64 bits per heavy atom. The average Bonchev–Trinajstić information content (AvgIpc) is 2.20. The Balaban J connectivity index is 2.03. The quantitative estimate of drug-likeness (QED) is 0.519. The van der Waals surface area contributed by atoms with E-state index >= 15 is 0 Å². The van der Waals surface area contributed by atoms with Crippen LogP contribution in [0.4, 0.5) is 0 Å². The highest BCUT2D eigenvalue weighted by atomic mass is 16.5. The first-order valence-electron chi connectivity index (χ1n) is 5.48. The fourth-order valence-corrected chi connectivity index (χ4v) is 1.71. The van der Waals surface area contributed by atoms with E-state index in [1.54, 1.807) is 0 Å². The molecule has 0 aliphatic carbocycles. The van der Waals surface area contributed by atoms with Gasteiger partial charge in [-0.15, -0.1) is 0 Å². The minimum atomic E-state index is 0.268. The summed E-state index contributed by atoms with van der Waals surface area (Å²) >= 11 is 0. The first kappa shape index (κ1) is 11.9. The fourth-order valence-electron chi connectivity index (χ4n) is 1.71. The fraction of sp³-hybridized carbons (Fsp3) is 1.00. The summed E-state index contributed by atoms with van der Waals surface area (Å²) in [6.45, 7) is 5.96. The summed E-state index contributed by atoms with van der Waals surface area (Å²) in [6, 6.07) is 0.973. The molecule has 0 amide bonds. The van der Waals surface area contributed by atoms with Crippen molar-refractivity contribution in [1.29, 1.82) is 0 Å². The first-order chi connectivity index (χ1) is 6.83. The van der Waals surface area contributed by atoms with Crippen LogP contribution in [0.15, 0.2) is 0 Å². The molecule has 1 aliphatic rings. The molecule has 0 radical (unpaired) electrons. The van der Waals surface area contributed by atoms with E-state index in [-0.39, 0.29) is 6.61 Å². The molecular weight excluding hydrogens is 180 g/mol. The van der Waals surface area contributed by atoms with E-state index in [2.05, 4.69) is 17.6 Å². The molecule has 0 aromatic heterocycles. The normalized spacial score (nSPS) is 24.9. The lowest BCUT2D eigenvalue weighted by Gasteiger charge is -2.26. The molecule has 1 aliphatic heterocycles. The van der Waals surface area contributed by atoms with Crippen LogP contribution in [0.3, 0.4) is 0 Å². The first-order valence-corrected chi connectivity index (χ1v) is 5.48. The van der Waals surface area contributed by atoms with Gasteiger partial charge in [0.05, 0.1) is 13.2 Å². The van der Waals surface area contributed by atoms with Gasteiger partial charge in [0.1, 0.15) is 0 Å². The number of morpholine rings is 1. The van der Waals surface area contributed by atoms with Gasteiger partial charge < -0.3 is 20.5 Å². The van der Waals surface area contributed by atoms with Gasteiger partial charge in [-0.3, -0.25) is 0 Å². The largest absolute Gasteiger partial charge is 0.396 e. The summed E-state index contributed by atoms with van der Waals surface area (Å²) in [5.74, 6) is 0. The number of ether oxygens (including phenoxy) is 1. The van der Waals surface area contributed by atoms with E-state index in [1.807, 2.05) is 0 Å². The van der Waals surface area contributed by atoms with Crippen molar-refractivity contribution in [3.05, 3.63) is 0 Å². The monoisotopic (exact) mass is 202 g/mol. The van der Waals surface area contributed by atoms with E-state index in [4.69, 9.17) is 9.84 Å². The molecule has 14 heavy (non-hydrogen) atoms. The molecule has 1 rings (SSSR count). The zero-order valence-electron chi connectivity index (χ0n) is 8.96. The van der Waals surface area contributed by atoms with Gasteiger partial charge in [-0.05, 0) is 26.3 Å². The molecule has 0 saturated carbocycles. The number of hydrogen-bond acceptors (Lipinski definition) is 4. The van der Waals surface area contributed by atoms with Crippen LogP contribution >= 0.6 is 0 Å². The molecule has 4 nitrogen and oxygen atoms in total. The summed E-state index contributed by atoms with van der Waals surface area (Å²) in [5, 5.41) is 15.4. The van der Waals surface area contributed by atoms with Crippen molar-refractivity contribution in [3.63, 3.8) is 0 Å². The molecule has 84 valence electrons. The molecule has 3 N–H and O–H groups in total. The summed E-state index contributed by atoms with van der Waals surface area (Å²) in [4.78, 5) is 0. The molecule has 2 atom stereocenters. The second-order valence-corrected chi connectivity index (χ2v) is 3.89. The summed E-state index contributed by atoms with van der Waals surface area (Å²) in [5.41, 5.74) is 0. The Labute approximate surface area is 86.0 Å². The predicted molar refractivity (Wildman–Crippen MR) is 56.4 cm³/mol. The Morgan fingerprint density at radius 2 is 2.50 bits per heavy atom. The standard InChI is InChI=1S/C10H22N2O2/c1-9(11-3-2-5-13)7-10-8-14-6-4-12-10/h9-13H,2-8H2,1H3. The lowest BCUT2D eigenvalue weighted by atomic mass is 10.1. The van der Waals surface area contributed by atoms with Crippen LogP contribution < -0.4 is 10.6 Å². The van der Waals surface area contributed by atoms with Gasteiger partial charge in [0.2, 0.25) is 0 Å². The minimum absolute atomic E-state index is 0.268. The smallest absolute Gasteiger partial charge is 0.0620 e. The number of aliphatic hydroxyl groups excluding tert-OH is 1. The van der Waals surface area contributed by atoms with Crippen LogP contribution in [-0.2, 0) is 4.74 Å². The molecule has 1 fully saturated rings. The Morgan fingerprint density at radius 3 is 3.14 bits per heavy atom. The molecule has 0 aromatic rings. The zero-order valence-corrected chi connectivity index (χ0v) is 8.96. The number of hydrogen-bond donors (Lipinski definition) is 3. The van der Waals surface area contributed by atoms with Crippen LogP contribution in [0.25, 0.3) is 0 Å². The molecular formula is C10H22N2O2. The number of aliphatic hydroxyl groups is 1. The molecule has 1 heterocycles. The maximum atomic E-state index is 8.63. The maximum Gasteiger partial charge on any atom is 0.0620 e. The van der Waals surface area contributed by atoms with Crippen LogP contribution in [0.2, 0.25) is 0 Å². The Kier molecular flexibility index (Phi) is 6.10. The predicted octanol–water partition coefficient (Wildman–Crippen LogP) is -0.275. The highest BCUT2D eigenvalue weighted by Gasteiger charge is 2.15. The number of nitrogens with one attached hydrogen (secondary N) is 2. The maximum absolute atomic E-state index is 8.63. The summed E-state index contributed by atoms with van der Waals surface area (Å²) in [6.07, 6.45) is 1.92. The summed E-state index contributed by atoms with van der Waals surface area (Å²) in [7, 11) is 0. The van der Waals surface area contributed by atoms with Gasteiger partial charge in [0, 0.05) is 25.2 Å². The van der Waals surface area contributed by atoms with Crippen molar-refractivity contribution in [2.75, 3.05) is 32.9 Å². The molecule has 0 aromatic carbocycles. The van der Waals surface area contributed by atoms with Gasteiger partial charge in [-0.1, -0.05) is 0 Å². The highest BCUT2D eigenvalue weighted by Crippen LogP contribution is 2.02. The van der Waals surface area contributed by atoms with Gasteiger partial charge in [0.25, 0.3) is 0 Å². The van der Waals surface area contributed by atoms with Gasteiger partial charge in [-0.2, -0.15) is 0 Å². The van der Waals surface area contributed by atoms with Crippen molar-refractivity contribution in [2.45, 2.75) is 31.8 Å². The molecule has 0 bridgehead atoms. The van der Waals surface area contributed by atoms with E-state index in [1.165, 1.54) is 0 Å². The van der Waals surface area contributed by atoms with Crippen molar-refractivity contribution >= 4 is 0 Å². The second kappa shape index (κ2) is 7.17. The third kappa shape index (κ3) is 4.91. The van der Waals surface area contributed by atoms with Crippen molar-refractivity contribution in [1.82, 2.24) is 10.6 Å². The van der Waals surface area contributed by atoms with Crippen molar-refractivity contribution < 1.29 is 9.84 Å². The highest BCUT2D eigenvalue weighted by molar-refractivity contribution is 4.75. The van der Waals surface area contributed by atoms with Gasteiger partial charge >= 0.3 is 0 Å². The number of rotatable bonds is 6. The molecule has 2 unspecified atom stereocenters. The van der Waals surface area contributed by atoms with Crippen molar-refractivity contribution in [3.8, 4) is 0 Å². The lowest BCUT2D eigenvalue weighted by molar-refractivity contribution is 0.0712. The average molecular weight is 202 g/mol. The van der Waals surface area contributed by atoms with Crippen LogP contribution in [0.5, 0.6) is 0 Å². The molecule has 4 heteroatoms. The SMILES string of the molecule is CC(CC1COCCN1)NCCCO. The molecule has 0 spiro atoms. The zero-order chi connectivity index (χ0) is 10.2. The Bertz CT molecular complexity index is 138. The topological polar surface area (TPSA) is 53.5 Å². The van der Waals surface area contributed by atoms with Gasteiger partial charge in [0.15, 0.2) is 0 Å². The van der Waals surface area contributed by atoms with Crippen LogP contribution in [0, 0.1) is 0 Å². The Hall–Kier alpha value is -0.160. The lowest BCUT2D eigenvalue weighted by Crippen LogP contribution is -2.45. The van der Waals surface area contributed by atoms with E-state index in [0.717, 1.165) is 39.1 Å². The van der Waals surface area contributed by atoms with E-state index < -0.39 is 0 Å². The molecule has 1 saturated heterocycles. The second-order valence-electron chi connectivity index (χ2n) is 3.89. The van der Waals surface area contributed by atoms with Crippen LogP contribution in [-0.4, -0.2) is 50.1 Å². The van der Waals surface area contributed by atoms with Crippen molar-refractivity contribution in [2.24, 2.45) is 0 Å². The third-order valence-corrected chi connectivity index (χ3v) is 2.46. The minimum Gasteiger partial charge on any atom is -0.396 e. The third-order valence-electron chi connectivity index (χ3n) is 2.46.